The van der Waals surface area contributed by atoms with Crippen molar-refractivity contribution in [1.29, 1.82) is 0 Å². The minimum atomic E-state index is -5.58. The number of imidazole rings is 2. The van der Waals surface area contributed by atoms with E-state index in [2.05, 4.69) is 45.8 Å². The van der Waals surface area contributed by atoms with Gasteiger partial charge in [0.05, 0.1) is 32.8 Å². The Morgan fingerprint density at radius 2 is 1.45 bits per heavy atom. The van der Waals surface area contributed by atoms with Gasteiger partial charge in [-0.1, -0.05) is 23.8 Å². The van der Waals surface area contributed by atoms with E-state index in [9.17, 15) is 48.4 Å². The summed E-state index contributed by atoms with van der Waals surface area (Å²) < 4.78 is 89.7. The van der Waals surface area contributed by atoms with Gasteiger partial charge in [0.2, 0.25) is 24.5 Å². The summed E-state index contributed by atoms with van der Waals surface area (Å²) in [5, 5.41) is 33.1. The lowest BCUT2D eigenvalue weighted by atomic mass is 10.1. The number of ether oxygens (including phenoxy) is 5. The molecule has 0 spiro atoms. The second-order valence-electron chi connectivity index (χ2n) is 14.0. The molecule has 3 unspecified atom stereocenters. The van der Waals surface area contributed by atoms with Gasteiger partial charge >= 0.3 is 28.0 Å². The maximum atomic E-state index is 13.2. The zero-order valence-electron chi connectivity index (χ0n) is 33.3. The Morgan fingerprint density at radius 3 is 2.09 bits per heavy atom. The first-order valence-corrected chi connectivity index (χ1v) is 24.8. The van der Waals surface area contributed by atoms with E-state index in [-0.39, 0.29) is 60.6 Å². The number of H-pyrrole nitrogens is 2. The summed E-state index contributed by atoms with van der Waals surface area (Å²) in [6, 6.07) is 6.57. The number of nitrogens with one attached hydrogen (secondary N) is 2. The van der Waals surface area contributed by atoms with Gasteiger partial charge in [-0.15, -0.1) is 0 Å². The van der Waals surface area contributed by atoms with Gasteiger partial charge in [0, 0.05) is 12.1 Å². The van der Waals surface area contributed by atoms with Crippen molar-refractivity contribution in [3.63, 3.8) is 0 Å². The molecule has 2 aliphatic heterocycles. The van der Waals surface area contributed by atoms with Crippen LogP contribution in [0.15, 0.2) is 46.5 Å². The molecule has 1 aromatic carbocycles. The van der Waals surface area contributed by atoms with Crippen LogP contribution in [0.4, 0.5) is 11.9 Å². The van der Waals surface area contributed by atoms with E-state index < -0.39 is 95.9 Å². The van der Waals surface area contributed by atoms with Crippen molar-refractivity contribution in [2.75, 3.05) is 51.6 Å². The number of aliphatic hydroxyl groups excluding tert-OH is 3. The Morgan fingerprint density at radius 1 is 0.846 bits per heavy atom. The summed E-state index contributed by atoms with van der Waals surface area (Å²) in [7, 11) is -9.74. The molecule has 2 aliphatic rings. The number of halogens is 1. The molecule has 0 amide bonds. The summed E-state index contributed by atoms with van der Waals surface area (Å²) in [4.78, 5) is 62.9. The van der Waals surface area contributed by atoms with E-state index in [0.29, 0.717) is 10.8 Å². The molecule has 0 saturated carbocycles. The molecule has 5 aromatic rings. The van der Waals surface area contributed by atoms with Crippen LogP contribution < -0.4 is 31.9 Å². The van der Waals surface area contributed by atoms with Gasteiger partial charge in [0.15, 0.2) is 23.5 Å². The van der Waals surface area contributed by atoms with Crippen LogP contribution in [-0.2, 0) is 56.9 Å². The van der Waals surface area contributed by atoms with E-state index in [1.54, 1.807) is 24.3 Å². The second-order valence-corrected chi connectivity index (χ2v) is 20.5. The van der Waals surface area contributed by atoms with Crippen molar-refractivity contribution in [3.05, 3.63) is 62.7 Å². The summed E-state index contributed by atoms with van der Waals surface area (Å²) in [5.74, 6) is -0.0682. The molecule has 7 rings (SSSR count). The monoisotopic (exact) mass is 1020 g/mol. The highest BCUT2D eigenvalue weighted by Gasteiger charge is 2.51. The minimum absolute atomic E-state index is 0.0191. The number of rotatable bonds is 20. The summed E-state index contributed by atoms with van der Waals surface area (Å²) >= 11 is 9.45. The van der Waals surface area contributed by atoms with E-state index in [0.717, 1.165) is 10.9 Å². The van der Waals surface area contributed by atoms with Gasteiger partial charge in [-0.3, -0.25) is 33.2 Å². The average molecular weight is 1020 g/mol. The van der Waals surface area contributed by atoms with Crippen LogP contribution >= 0.6 is 46.3 Å². The average Bonchev–Trinajstić information content (AvgIpc) is 3.96. The van der Waals surface area contributed by atoms with E-state index in [4.69, 9.17) is 55.8 Å². The van der Waals surface area contributed by atoms with Crippen LogP contribution in [0, 0.1) is 0 Å². The number of thiol groups is 1. The Hall–Kier alpha value is -3.87. The lowest BCUT2D eigenvalue weighted by Gasteiger charge is -2.22. The fourth-order valence-electron chi connectivity index (χ4n) is 6.73. The zero-order valence-corrected chi connectivity index (χ0v) is 37.6. The number of phosphoric ester groups is 2. The van der Waals surface area contributed by atoms with Gasteiger partial charge in [-0.2, -0.15) is 23.2 Å². The number of nitrogen functional groups attached to an aromatic ring is 2. The standard InChI is InChI=1S/C31H40ClN10O19P3S/c1-53-8-9-55-23-21(44)17(59-29(23)42-13-40(19-25(42)37-31(34)39-27(19)47)6-7-54-15-4-2-14(32)3-5-15)11-57-63(50,51)61-64(52,65)60-62(48,49)56-10-16-20(43)22(45)28(58-16)41-12-35-18-24(41)36-30(33)38-26(18)46/h2-5,12-13,16-17,20-23,28-29,43-45H,6-11H2,1H3,(H8-,33,34,36,37,38,39,46,47,48,49,50,51,52,65)/p+1/t16-,17-,20-,21-,22-,23-,28-,29-,64?/m1/s1. The molecule has 65 heavy (non-hydrogen) atoms. The van der Waals surface area contributed by atoms with Gasteiger partial charge < -0.3 is 60.3 Å². The molecular formula is C31H41ClN10O19P3S+. The summed E-state index contributed by atoms with van der Waals surface area (Å²) in [6.07, 6.45) is -9.87. The molecule has 29 nitrogen and oxygen atoms in total. The van der Waals surface area contributed by atoms with Crippen molar-refractivity contribution in [1.82, 2.24) is 34.1 Å². The molecule has 6 heterocycles. The molecule has 4 aromatic heterocycles. The van der Waals surface area contributed by atoms with Gasteiger partial charge in [-0.25, -0.2) is 23.2 Å². The molecule has 11 atom stereocenters. The van der Waals surface area contributed by atoms with Crippen LogP contribution in [0.1, 0.15) is 12.5 Å². The molecule has 0 bridgehead atoms. The molecular weight excluding hydrogens is 977 g/mol. The van der Waals surface area contributed by atoms with Crippen molar-refractivity contribution in [2.24, 2.45) is 0 Å². The lowest BCUT2D eigenvalue weighted by Crippen LogP contribution is -2.39. The predicted molar refractivity (Wildman–Crippen MR) is 222 cm³/mol. The number of hydrogen-bond donors (Lipinski definition) is 10. The molecule has 2 fully saturated rings. The Bertz CT molecular complexity index is 2780. The Balaban J connectivity index is 0.992. The Kier molecular flexibility index (Phi) is 14.9. The molecule has 2 saturated heterocycles. The maximum absolute atomic E-state index is 13.2. The predicted octanol–water partition coefficient (Wildman–Crippen LogP) is -0.744. The van der Waals surface area contributed by atoms with Crippen LogP contribution in [-0.4, -0.2) is 136 Å². The lowest BCUT2D eigenvalue weighted by molar-refractivity contribution is -0.673. The number of benzene rings is 1. The molecule has 11 N–H and O–H groups in total. The van der Waals surface area contributed by atoms with E-state index in [1.165, 1.54) is 22.6 Å². The summed E-state index contributed by atoms with van der Waals surface area (Å²) in [6.45, 7) is -7.26. The Labute approximate surface area is 374 Å². The first-order valence-electron chi connectivity index (χ1n) is 18.7. The first kappa shape index (κ1) is 49.0. The number of aliphatic hydroxyl groups is 3. The number of aromatic amines is 2. The maximum Gasteiger partial charge on any atom is 0.480 e. The SMILES string of the molecule is COCCO[C@@H]1[C@H](O)[C@@H](COP(=O)(O)OP(=O)(S)OP(=O)(O)OC[C@H]2O[C@@H](n3cnc4c(=O)[nH]c(N)nc43)[C@H](O)[C@@H]2O)O[C@H]1n1c[n+](CCOc2ccc(Cl)cc2)c2c(=O)[nH]c(N)nc21. The molecule has 34 heteroatoms. The third kappa shape index (κ3) is 11.3. The van der Waals surface area contributed by atoms with Crippen molar-refractivity contribution < 1.29 is 84.7 Å². The number of phosphoric acid groups is 2. The zero-order chi connectivity index (χ0) is 47.0. The van der Waals surface area contributed by atoms with Crippen LogP contribution in [0.2, 0.25) is 5.02 Å². The van der Waals surface area contributed by atoms with Crippen LogP contribution in [0.25, 0.3) is 22.3 Å². The second kappa shape index (κ2) is 19.8. The fourth-order valence-corrected chi connectivity index (χ4v) is 12.0. The molecule has 0 radical (unpaired) electrons. The van der Waals surface area contributed by atoms with Crippen molar-refractivity contribution >= 4 is 80.5 Å². The number of aromatic nitrogens is 8. The number of fused-ring (bicyclic) bond motifs is 2. The van der Waals surface area contributed by atoms with Gasteiger partial charge in [0.25, 0.3) is 16.7 Å². The van der Waals surface area contributed by atoms with Crippen molar-refractivity contribution in [3.8, 4) is 5.75 Å². The van der Waals surface area contributed by atoms with Crippen molar-refractivity contribution in [2.45, 2.75) is 55.6 Å². The largest absolute Gasteiger partial charge is 0.489 e. The van der Waals surface area contributed by atoms with E-state index >= 15 is 0 Å². The number of hydrogen-bond acceptors (Lipinski definition) is 22. The number of methoxy groups -OCH3 is 1. The normalized spacial score (nSPS) is 26.3. The third-order valence-electron chi connectivity index (χ3n) is 9.57. The quantitative estimate of drug-likeness (QED) is 0.0199. The highest BCUT2D eigenvalue weighted by atomic mass is 35.5. The van der Waals surface area contributed by atoms with Gasteiger partial charge in [0.1, 0.15) is 49.4 Å². The highest BCUT2D eigenvalue weighted by molar-refractivity contribution is 8.45. The highest BCUT2D eigenvalue weighted by Crippen LogP contribution is 2.72. The number of nitrogens with zero attached hydrogens (tertiary/aromatic N) is 6. The first-order chi connectivity index (χ1) is 30.7. The molecule has 0 aliphatic carbocycles. The number of anilines is 2. The fraction of sp³-hybridized carbons (Fsp3) is 0.484. The van der Waals surface area contributed by atoms with Crippen LogP contribution in [0.3, 0.4) is 0 Å². The molecule has 356 valence electrons. The van der Waals surface area contributed by atoms with E-state index in [1.807, 2.05) is 0 Å². The topological polar surface area (TPSA) is 406 Å². The van der Waals surface area contributed by atoms with Crippen LogP contribution in [0.5, 0.6) is 5.75 Å². The third-order valence-corrected chi connectivity index (χ3v) is 15.4. The number of nitrogens with two attached hydrogens (primary N) is 2. The van der Waals surface area contributed by atoms with Gasteiger partial charge in [-0.05, 0) is 24.3 Å². The minimum Gasteiger partial charge on any atom is -0.489 e. The smallest absolute Gasteiger partial charge is 0.480 e. The summed E-state index contributed by atoms with van der Waals surface area (Å²) in [5.41, 5.74) is 9.82.